The molecule has 0 saturated heterocycles. The van der Waals surface area contributed by atoms with E-state index < -0.39 is 20.8 Å². The molecule has 2 radical (unpaired) electrons. The fourth-order valence-electron chi connectivity index (χ4n) is 5.18. The van der Waals surface area contributed by atoms with Crippen molar-refractivity contribution in [1.29, 1.82) is 0 Å². The van der Waals surface area contributed by atoms with Crippen LogP contribution in [0.15, 0.2) is 121 Å². The molecule has 0 amide bonds. The van der Waals surface area contributed by atoms with Gasteiger partial charge in [0.25, 0.3) is 0 Å². The molecule has 0 aromatic heterocycles. The number of benzene rings is 4. The molecule has 48 heavy (non-hydrogen) atoms. The van der Waals surface area contributed by atoms with Gasteiger partial charge in [-0.3, -0.25) is 0 Å². The minimum absolute atomic E-state index is 0.826. The van der Waals surface area contributed by atoms with Crippen LogP contribution in [0.1, 0.15) is 72.9 Å². The van der Waals surface area contributed by atoms with E-state index in [1.807, 2.05) is 60.7 Å². The third-order valence-corrected chi connectivity index (χ3v) is 7.49. The molecule has 6 rings (SSSR count). The van der Waals surface area contributed by atoms with Gasteiger partial charge in [0.05, 0.1) is 0 Å². The predicted molar refractivity (Wildman–Crippen MR) is 210 cm³/mol. The van der Waals surface area contributed by atoms with Crippen molar-refractivity contribution in [3.05, 3.63) is 155 Å². The average Bonchev–Trinajstić information content (AvgIpc) is 3.74. The second kappa shape index (κ2) is 23.3. The fourth-order valence-corrected chi connectivity index (χ4v) is 5.18. The van der Waals surface area contributed by atoms with E-state index in [1.54, 1.807) is 0 Å². The second-order valence-electron chi connectivity index (χ2n) is 11.4. The zero-order valence-corrected chi connectivity index (χ0v) is 33.5. The molecule has 4 heteroatoms. The molecule has 0 bridgehead atoms. The zero-order chi connectivity index (χ0) is 34.4. The molecule has 0 aliphatic carbocycles. The molecule has 0 spiro atoms. The monoisotopic (exact) mass is 760 g/mol. The molecule has 0 fully saturated rings. The maximum absolute atomic E-state index is 4.93. The van der Waals surface area contributed by atoms with Gasteiger partial charge in [-0.15, -0.1) is 69.1 Å². The third kappa shape index (κ3) is 13.4. The van der Waals surface area contributed by atoms with Crippen molar-refractivity contribution in [2.24, 2.45) is 0 Å². The van der Waals surface area contributed by atoms with Crippen LogP contribution in [0.5, 0.6) is 0 Å². The fraction of sp³-hybridized carbons (Fsp3) is 0.227. The van der Waals surface area contributed by atoms with Gasteiger partial charge in [-0.05, 0) is 48.2 Å². The van der Waals surface area contributed by atoms with E-state index in [-0.39, 0.29) is 0 Å². The Morgan fingerprint density at radius 1 is 0.562 bits per heavy atom. The Kier molecular flexibility index (Phi) is 19.1. The van der Waals surface area contributed by atoms with Gasteiger partial charge in [0.15, 0.2) is 0 Å². The van der Waals surface area contributed by atoms with E-state index in [2.05, 4.69) is 111 Å². The van der Waals surface area contributed by atoms with Gasteiger partial charge in [-0.1, -0.05) is 125 Å². The van der Waals surface area contributed by atoms with Crippen molar-refractivity contribution < 1.29 is 20.8 Å². The molecule has 6 aromatic rings. The van der Waals surface area contributed by atoms with Crippen molar-refractivity contribution in [2.75, 3.05) is 0 Å². The van der Waals surface area contributed by atoms with Crippen LogP contribution in [0, 0.1) is 23.7 Å². The van der Waals surface area contributed by atoms with Crippen LogP contribution >= 0.6 is 17.0 Å². The molecule has 242 valence electrons. The first-order chi connectivity index (χ1) is 23.6. The first-order valence-electron chi connectivity index (χ1n) is 16.6. The van der Waals surface area contributed by atoms with E-state index in [4.69, 9.17) is 17.0 Å². The molecule has 0 aliphatic rings. The summed E-state index contributed by atoms with van der Waals surface area (Å²) in [4.78, 5) is 0. The van der Waals surface area contributed by atoms with Gasteiger partial charge in [-0.2, -0.15) is 12.1 Å². The van der Waals surface area contributed by atoms with Crippen molar-refractivity contribution in [2.45, 2.75) is 65.5 Å². The van der Waals surface area contributed by atoms with E-state index in [0.717, 1.165) is 44.6 Å². The Hall–Kier alpha value is -3.10. The van der Waals surface area contributed by atoms with Crippen LogP contribution in [0.2, 0.25) is 13.1 Å². The van der Waals surface area contributed by atoms with Gasteiger partial charge < -0.3 is 0 Å². The number of halogens is 2. The van der Waals surface area contributed by atoms with Gasteiger partial charge in [0, 0.05) is 20.6 Å². The van der Waals surface area contributed by atoms with Crippen molar-refractivity contribution in [3.63, 3.8) is 0 Å². The maximum atomic E-state index is 4.93. The van der Waals surface area contributed by atoms with E-state index in [0.29, 0.717) is 0 Å². The topological polar surface area (TPSA) is 0 Å². The number of fused-ring (bicyclic) bond motifs is 2. The molecular weight excluding hydrogens is 719 g/mol. The van der Waals surface area contributed by atoms with Crippen LogP contribution in [0.4, 0.5) is 0 Å². The normalized spacial score (nSPS) is 9.62. The van der Waals surface area contributed by atoms with Crippen LogP contribution in [-0.2, 0) is 33.7 Å². The van der Waals surface area contributed by atoms with Crippen LogP contribution in [-0.4, -0.2) is 9.52 Å². The average molecular weight is 763 g/mol. The van der Waals surface area contributed by atoms with Crippen molar-refractivity contribution in [1.82, 2.24) is 0 Å². The summed E-state index contributed by atoms with van der Waals surface area (Å²) in [5.74, 6) is 13.2. The second-order valence-corrected chi connectivity index (χ2v) is 16.1. The van der Waals surface area contributed by atoms with Gasteiger partial charge >= 0.3 is 37.9 Å². The van der Waals surface area contributed by atoms with Crippen molar-refractivity contribution in [3.8, 4) is 23.7 Å². The van der Waals surface area contributed by atoms with Crippen molar-refractivity contribution >= 4 is 48.1 Å². The summed E-state index contributed by atoms with van der Waals surface area (Å²) >= 11 is -0.826. The quantitative estimate of drug-likeness (QED) is 0.0901. The SMILES string of the molecule is CCCCc1cc2c(C#Cc3ccccc3)cccc2[cH-]1.CCCCc1cc2c(C#Cc3ccccc3)cccc2[cH-]1.C[Si]C.[Cl][Zr+2][Cl]. The summed E-state index contributed by atoms with van der Waals surface area (Å²) in [6, 6.07) is 42.3. The van der Waals surface area contributed by atoms with Crippen LogP contribution in [0.3, 0.4) is 0 Å². The van der Waals surface area contributed by atoms with Gasteiger partial charge in [-0.25, -0.2) is 0 Å². The molecule has 0 atom stereocenters. The molecule has 0 unspecified atom stereocenters. The molecule has 6 aromatic carbocycles. The Labute approximate surface area is 310 Å². The van der Waals surface area contributed by atoms with Gasteiger partial charge in [0.2, 0.25) is 0 Å². The Morgan fingerprint density at radius 3 is 1.29 bits per heavy atom. The standard InChI is InChI=1S/2C21H19.C2H6Si.2ClH.Zr/c2*1-2-3-8-18-15-20-12-7-11-19(21(20)16-18)14-13-17-9-5-4-6-10-17;1-3-2;;;/h2*4-7,9-12,15-16H,2-3,8H2,1H3;1-2H3;2*1H;/q2*-1;;;;+4/p-2. The third-order valence-electron chi connectivity index (χ3n) is 7.49. The number of aryl methyl sites for hydroxylation is 2. The first-order valence-corrected chi connectivity index (χ1v) is 24.9. The molecule has 0 heterocycles. The first kappa shape index (κ1) is 39.3. The summed E-state index contributed by atoms with van der Waals surface area (Å²) in [7, 11) is 11.0. The number of unbranched alkanes of at least 4 members (excludes halogenated alkanes) is 2. The summed E-state index contributed by atoms with van der Waals surface area (Å²) in [5, 5.41) is 5.18. The zero-order valence-electron chi connectivity index (χ0n) is 28.5. The molecule has 0 saturated carbocycles. The Morgan fingerprint density at radius 2 is 0.938 bits per heavy atom. The number of rotatable bonds is 6. The van der Waals surface area contributed by atoms with E-state index in [1.165, 1.54) is 58.4 Å². The minimum atomic E-state index is -0.826. The van der Waals surface area contributed by atoms with Crippen LogP contribution < -0.4 is 0 Å². The number of hydrogen-bond acceptors (Lipinski definition) is 0. The molecule has 0 nitrogen and oxygen atoms in total. The summed E-state index contributed by atoms with van der Waals surface area (Å²) in [5.41, 5.74) is 7.24. The number of hydrogen-bond donors (Lipinski definition) is 0. The summed E-state index contributed by atoms with van der Waals surface area (Å²) < 4.78 is 0. The summed E-state index contributed by atoms with van der Waals surface area (Å²) in [6.07, 6.45) is 7.31. The molecule has 0 N–H and O–H groups in total. The summed E-state index contributed by atoms with van der Waals surface area (Å²) in [6.45, 7) is 8.78. The van der Waals surface area contributed by atoms with E-state index in [9.17, 15) is 0 Å². The molecular formula is C44H44Cl2SiZr. The Balaban J connectivity index is 0.000000224. The predicted octanol–water partition coefficient (Wildman–Crippen LogP) is 12.8. The van der Waals surface area contributed by atoms with Crippen LogP contribution in [0.25, 0.3) is 21.5 Å². The Bertz CT molecular complexity index is 1760. The van der Waals surface area contributed by atoms with E-state index >= 15 is 0 Å². The van der Waals surface area contributed by atoms with Gasteiger partial charge in [0.1, 0.15) is 0 Å². The molecule has 0 aliphatic heterocycles.